The number of rotatable bonds is 3. The normalized spacial score (nSPS) is 10.8. The molecule has 0 bridgehead atoms. The van der Waals surface area contributed by atoms with Crippen LogP contribution in [0.5, 0.6) is 0 Å². The molecule has 0 aliphatic carbocycles. The van der Waals surface area contributed by atoms with E-state index >= 15 is 0 Å². The summed E-state index contributed by atoms with van der Waals surface area (Å²) < 4.78 is 3.41. The lowest BCUT2D eigenvalue weighted by Gasteiger charge is -1.98. The minimum absolute atomic E-state index is 0.0665. The Hall–Kier alpha value is -2.06. The van der Waals surface area contributed by atoms with Crippen molar-refractivity contribution in [2.24, 2.45) is 17.9 Å². The predicted octanol–water partition coefficient (Wildman–Crippen LogP) is -0.109. The molecule has 98 valence electrons. The van der Waals surface area contributed by atoms with Crippen molar-refractivity contribution in [3.8, 4) is 5.82 Å². The lowest BCUT2D eigenvalue weighted by Crippen LogP contribution is -2.34. The summed E-state index contributed by atoms with van der Waals surface area (Å²) in [4.78, 5) is 12.4. The second kappa shape index (κ2) is 5.72. The highest BCUT2D eigenvalue weighted by Gasteiger charge is 2.20. The van der Waals surface area contributed by atoms with E-state index in [0.29, 0.717) is 4.88 Å². The van der Waals surface area contributed by atoms with Gasteiger partial charge in [0, 0.05) is 0 Å². The zero-order valence-corrected chi connectivity index (χ0v) is 11.7. The van der Waals surface area contributed by atoms with Crippen molar-refractivity contribution in [3.63, 3.8) is 0 Å². The Morgan fingerprint density at radius 2 is 2.21 bits per heavy atom. The molecule has 19 heavy (non-hydrogen) atoms. The SMILES string of the molecule is Cn1c(-[n+]2ccccc2)c(/C=N/NC(N)=S)sc1=O. The Morgan fingerprint density at radius 3 is 2.84 bits per heavy atom. The first-order valence-electron chi connectivity index (χ1n) is 5.34. The van der Waals surface area contributed by atoms with E-state index in [9.17, 15) is 4.79 Å². The molecule has 0 unspecified atom stereocenters. The number of aromatic nitrogens is 2. The van der Waals surface area contributed by atoms with Gasteiger partial charge in [-0.2, -0.15) is 9.67 Å². The monoisotopic (exact) mass is 294 g/mol. The average Bonchev–Trinajstić information content (AvgIpc) is 2.66. The highest BCUT2D eigenvalue weighted by molar-refractivity contribution is 7.80. The van der Waals surface area contributed by atoms with E-state index in [-0.39, 0.29) is 9.99 Å². The minimum atomic E-state index is -0.0665. The molecule has 0 aliphatic rings. The van der Waals surface area contributed by atoms with Gasteiger partial charge in [-0.1, -0.05) is 6.07 Å². The number of hydrazone groups is 1. The van der Waals surface area contributed by atoms with Gasteiger partial charge in [-0.15, -0.1) is 0 Å². The number of pyridine rings is 1. The van der Waals surface area contributed by atoms with Crippen molar-refractivity contribution in [2.75, 3.05) is 0 Å². The van der Waals surface area contributed by atoms with Crippen molar-refractivity contribution < 1.29 is 4.57 Å². The molecule has 0 fully saturated rings. The first-order valence-corrected chi connectivity index (χ1v) is 6.57. The summed E-state index contributed by atoms with van der Waals surface area (Å²) in [6, 6.07) is 5.68. The Kier molecular flexibility index (Phi) is 4.03. The highest BCUT2D eigenvalue weighted by Crippen LogP contribution is 2.08. The number of nitrogens with one attached hydrogen (secondary N) is 1. The molecule has 2 aromatic heterocycles. The van der Waals surface area contributed by atoms with Crippen molar-refractivity contribution in [2.45, 2.75) is 0 Å². The first kappa shape index (κ1) is 13.4. The van der Waals surface area contributed by atoms with Crippen molar-refractivity contribution in [1.29, 1.82) is 0 Å². The molecule has 2 rings (SSSR count). The van der Waals surface area contributed by atoms with E-state index < -0.39 is 0 Å². The molecule has 6 nitrogen and oxygen atoms in total. The fourth-order valence-electron chi connectivity index (χ4n) is 1.54. The van der Waals surface area contributed by atoms with Crippen LogP contribution < -0.4 is 20.6 Å². The van der Waals surface area contributed by atoms with Gasteiger partial charge in [0.05, 0.1) is 25.7 Å². The van der Waals surface area contributed by atoms with Crippen LogP contribution in [0.4, 0.5) is 0 Å². The average molecular weight is 294 g/mol. The van der Waals surface area contributed by atoms with Crippen LogP contribution >= 0.6 is 23.6 Å². The number of thiocarbonyl (C=S) groups is 1. The van der Waals surface area contributed by atoms with Gasteiger partial charge in [-0.05, 0) is 35.7 Å². The third-order valence-corrected chi connectivity index (χ3v) is 3.37. The van der Waals surface area contributed by atoms with Crippen LogP contribution in [0.25, 0.3) is 5.82 Å². The molecule has 0 radical (unpaired) electrons. The van der Waals surface area contributed by atoms with Crippen molar-refractivity contribution >= 4 is 34.9 Å². The van der Waals surface area contributed by atoms with Crippen LogP contribution in [-0.4, -0.2) is 15.9 Å². The van der Waals surface area contributed by atoms with Gasteiger partial charge in [0.2, 0.25) is 0 Å². The van der Waals surface area contributed by atoms with E-state index in [1.165, 1.54) is 6.21 Å². The maximum atomic E-state index is 11.8. The Morgan fingerprint density at radius 1 is 1.53 bits per heavy atom. The van der Waals surface area contributed by atoms with Crippen molar-refractivity contribution in [1.82, 2.24) is 9.99 Å². The minimum Gasteiger partial charge on any atom is -0.375 e. The van der Waals surface area contributed by atoms with E-state index in [1.807, 2.05) is 35.2 Å². The molecule has 3 N–H and O–H groups in total. The first-order chi connectivity index (χ1) is 9.09. The molecule has 2 aromatic rings. The molecule has 0 saturated carbocycles. The standard InChI is InChI=1S/C11H11N5OS2/c1-15-9(16-5-3-2-4-6-16)8(19-11(15)17)7-13-14-10(12)18/h2-7H,1H3,(H2-,12,14,18)/p+1/b13-7+. The smallest absolute Gasteiger partial charge is 0.375 e. The zero-order chi connectivity index (χ0) is 13.8. The molecule has 0 aliphatic heterocycles. The van der Waals surface area contributed by atoms with Gasteiger partial charge < -0.3 is 5.73 Å². The van der Waals surface area contributed by atoms with Gasteiger partial charge in [-0.3, -0.25) is 5.43 Å². The zero-order valence-electron chi connectivity index (χ0n) is 10.1. The topological polar surface area (TPSA) is 76.3 Å². The van der Waals surface area contributed by atoms with Crippen LogP contribution in [0.15, 0.2) is 40.5 Å². The highest BCUT2D eigenvalue weighted by atomic mass is 32.1. The van der Waals surface area contributed by atoms with Gasteiger partial charge in [0.1, 0.15) is 4.88 Å². The van der Waals surface area contributed by atoms with Crippen LogP contribution in [0.1, 0.15) is 4.88 Å². The van der Waals surface area contributed by atoms with Gasteiger partial charge in [0.25, 0.3) is 0 Å². The van der Waals surface area contributed by atoms with Gasteiger partial charge in [-0.25, -0.2) is 9.36 Å². The fraction of sp³-hybridized carbons (Fsp3) is 0.0909. The number of hydrogen-bond acceptors (Lipinski definition) is 4. The number of nitrogens with two attached hydrogens (primary N) is 1. The summed E-state index contributed by atoms with van der Waals surface area (Å²) in [5, 5.41) is 3.96. The molecular formula is C11H12N5OS2+. The molecular weight excluding hydrogens is 282 g/mol. The molecule has 0 saturated heterocycles. The van der Waals surface area contributed by atoms with Crippen LogP contribution in [0.2, 0.25) is 0 Å². The quantitative estimate of drug-likeness (QED) is 0.358. The lowest BCUT2D eigenvalue weighted by molar-refractivity contribution is -0.601. The summed E-state index contributed by atoms with van der Waals surface area (Å²) >= 11 is 5.75. The lowest BCUT2D eigenvalue weighted by atomic mass is 10.4. The Balaban J connectivity index is 2.45. The maximum absolute atomic E-state index is 11.8. The molecule has 0 aromatic carbocycles. The van der Waals surface area contributed by atoms with E-state index in [0.717, 1.165) is 17.2 Å². The van der Waals surface area contributed by atoms with E-state index in [1.54, 1.807) is 11.6 Å². The number of nitrogens with zero attached hydrogens (tertiary/aromatic N) is 3. The summed E-state index contributed by atoms with van der Waals surface area (Å²) in [6.45, 7) is 0. The summed E-state index contributed by atoms with van der Waals surface area (Å²) in [5.41, 5.74) is 7.74. The number of thiazole rings is 1. The third kappa shape index (κ3) is 3.04. The fourth-order valence-corrected chi connectivity index (χ4v) is 2.44. The van der Waals surface area contributed by atoms with Crippen LogP contribution in [-0.2, 0) is 7.05 Å². The summed E-state index contributed by atoms with van der Waals surface area (Å²) in [6.07, 6.45) is 5.25. The van der Waals surface area contributed by atoms with E-state index in [2.05, 4.69) is 22.7 Å². The van der Waals surface area contributed by atoms with Gasteiger partial charge >= 0.3 is 10.7 Å². The number of hydrogen-bond donors (Lipinski definition) is 2. The van der Waals surface area contributed by atoms with Crippen molar-refractivity contribution in [3.05, 3.63) is 45.1 Å². The molecule has 0 atom stereocenters. The Bertz CT molecular complexity index is 674. The molecule has 8 heteroatoms. The van der Waals surface area contributed by atoms with Gasteiger partial charge in [0.15, 0.2) is 5.11 Å². The molecule has 0 amide bonds. The molecule has 2 heterocycles. The maximum Gasteiger partial charge on any atom is 0.392 e. The van der Waals surface area contributed by atoms with Crippen LogP contribution in [0, 0.1) is 0 Å². The largest absolute Gasteiger partial charge is 0.392 e. The molecule has 0 spiro atoms. The second-order valence-corrected chi connectivity index (χ2v) is 5.06. The summed E-state index contributed by atoms with van der Waals surface area (Å²) in [5.74, 6) is 0.740. The van der Waals surface area contributed by atoms with E-state index in [4.69, 9.17) is 5.73 Å². The Labute approximate surface area is 118 Å². The van der Waals surface area contributed by atoms with Crippen LogP contribution in [0.3, 0.4) is 0 Å². The second-order valence-electron chi connectivity index (χ2n) is 3.63. The summed E-state index contributed by atoms with van der Waals surface area (Å²) in [7, 11) is 1.71. The third-order valence-electron chi connectivity index (χ3n) is 2.33. The predicted molar refractivity (Wildman–Crippen MR) is 78.6 cm³/mol.